The molecule has 0 aliphatic heterocycles. The third-order valence-corrected chi connectivity index (χ3v) is 2.86. The molecule has 1 aromatic carbocycles. The van der Waals surface area contributed by atoms with E-state index in [0.717, 1.165) is 6.07 Å². The van der Waals surface area contributed by atoms with Crippen molar-refractivity contribution in [3.63, 3.8) is 0 Å². The smallest absolute Gasteiger partial charge is 0.317 e. The fourth-order valence-electron chi connectivity index (χ4n) is 1.98. The highest BCUT2D eigenvalue weighted by Gasteiger charge is 2.20. The molecular weight excluding hydrogens is 278 g/mol. The number of nitrogens with zero attached hydrogens (tertiary/aromatic N) is 1. The number of aliphatic hydroxyl groups is 1. The minimum absolute atomic E-state index is 0.212. The van der Waals surface area contributed by atoms with E-state index in [1.54, 1.807) is 13.8 Å². The number of nitrogens with one attached hydrogen (secondary N) is 1. The molecule has 2 N–H and O–H groups in total. The number of hydrogen-bond acceptors (Lipinski definition) is 2. The normalized spacial score (nSPS) is 11.3. The standard InChI is InChI=1S/C15H22F2N2O2/c1-4-19(10-15(2,3)21)14(20)18-6-5-11-7-12(16)9-13(17)8-11/h7-9,21H,4-6,10H2,1-3H3,(H,18,20). The summed E-state index contributed by atoms with van der Waals surface area (Å²) in [7, 11) is 0. The second-order valence-electron chi connectivity index (χ2n) is 5.59. The Morgan fingerprint density at radius 3 is 2.33 bits per heavy atom. The third kappa shape index (κ3) is 6.53. The molecule has 0 saturated heterocycles. The zero-order chi connectivity index (χ0) is 16.0. The average Bonchev–Trinajstić information content (AvgIpc) is 2.33. The number of amides is 2. The molecule has 1 rings (SSSR count). The van der Waals surface area contributed by atoms with Gasteiger partial charge in [0, 0.05) is 19.2 Å². The Morgan fingerprint density at radius 2 is 1.86 bits per heavy atom. The molecule has 0 aromatic heterocycles. The molecule has 21 heavy (non-hydrogen) atoms. The monoisotopic (exact) mass is 300 g/mol. The van der Waals surface area contributed by atoms with Gasteiger partial charge in [-0.2, -0.15) is 0 Å². The SMILES string of the molecule is CCN(CC(C)(C)O)C(=O)NCCc1cc(F)cc(F)c1. The van der Waals surface area contributed by atoms with Gasteiger partial charge in [0.2, 0.25) is 0 Å². The maximum Gasteiger partial charge on any atom is 0.317 e. The van der Waals surface area contributed by atoms with Crippen LogP contribution in [-0.2, 0) is 6.42 Å². The Bertz CT molecular complexity index is 467. The molecule has 0 saturated carbocycles. The van der Waals surface area contributed by atoms with E-state index in [1.165, 1.54) is 17.0 Å². The molecular formula is C15H22F2N2O2. The van der Waals surface area contributed by atoms with Crippen LogP contribution < -0.4 is 5.32 Å². The van der Waals surface area contributed by atoms with E-state index >= 15 is 0 Å². The fourth-order valence-corrected chi connectivity index (χ4v) is 1.98. The predicted octanol–water partition coefficient (Wildman–Crippen LogP) is 2.31. The van der Waals surface area contributed by atoms with Crippen LogP contribution in [0.25, 0.3) is 0 Å². The molecule has 0 bridgehead atoms. The van der Waals surface area contributed by atoms with E-state index in [2.05, 4.69) is 5.32 Å². The van der Waals surface area contributed by atoms with E-state index in [-0.39, 0.29) is 19.1 Å². The second kappa shape index (κ2) is 7.36. The van der Waals surface area contributed by atoms with Crippen molar-refractivity contribution < 1.29 is 18.7 Å². The number of carbonyl (C=O) groups excluding carboxylic acids is 1. The van der Waals surface area contributed by atoms with Gasteiger partial charge in [0.1, 0.15) is 11.6 Å². The lowest BCUT2D eigenvalue weighted by molar-refractivity contribution is 0.0480. The molecule has 118 valence electrons. The highest BCUT2D eigenvalue weighted by molar-refractivity contribution is 5.74. The van der Waals surface area contributed by atoms with E-state index < -0.39 is 17.2 Å². The van der Waals surface area contributed by atoms with Crippen LogP contribution in [0.3, 0.4) is 0 Å². The summed E-state index contributed by atoms with van der Waals surface area (Å²) in [4.78, 5) is 13.4. The molecule has 0 unspecified atom stereocenters. The van der Waals surface area contributed by atoms with Gasteiger partial charge in [-0.3, -0.25) is 0 Å². The molecule has 4 nitrogen and oxygen atoms in total. The van der Waals surface area contributed by atoms with E-state index in [9.17, 15) is 18.7 Å². The summed E-state index contributed by atoms with van der Waals surface area (Å²) in [5.74, 6) is -1.26. The van der Waals surface area contributed by atoms with Gasteiger partial charge in [0.25, 0.3) is 0 Å². The molecule has 6 heteroatoms. The molecule has 0 radical (unpaired) electrons. The maximum atomic E-state index is 13.0. The van der Waals surface area contributed by atoms with Crippen molar-refractivity contribution in [2.75, 3.05) is 19.6 Å². The van der Waals surface area contributed by atoms with Gasteiger partial charge in [-0.15, -0.1) is 0 Å². The topological polar surface area (TPSA) is 52.6 Å². The number of rotatable bonds is 6. The van der Waals surface area contributed by atoms with Gasteiger partial charge in [0.15, 0.2) is 0 Å². The van der Waals surface area contributed by atoms with Gasteiger partial charge in [-0.25, -0.2) is 13.6 Å². The van der Waals surface area contributed by atoms with Crippen molar-refractivity contribution in [1.29, 1.82) is 0 Å². The summed E-state index contributed by atoms with van der Waals surface area (Å²) in [5.41, 5.74) is -0.489. The summed E-state index contributed by atoms with van der Waals surface area (Å²) < 4.78 is 26.0. The predicted molar refractivity (Wildman–Crippen MR) is 77.0 cm³/mol. The average molecular weight is 300 g/mol. The Labute approximate surface area is 123 Å². The summed E-state index contributed by atoms with van der Waals surface area (Å²) in [6.07, 6.45) is 0.334. The van der Waals surface area contributed by atoms with Gasteiger partial charge < -0.3 is 15.3 Å². The van der Waals surface area contributed by atoms with Crippen LogP contribution in [0.1, 0.15) is 26.3 Å². The van der Waals surface area contributed by atoms with Crippen LogP contribution in [0, 0.1) is 11.6 Å². The first kappa shape index (κ1) is 17.4. The lowest BCUT2D eigenvalue weighted by Crippen LogP contribution is -2.47. The molecule has 1 aromatic rings. The molecule has 2 amide bonds. The number of carbonyl (C=O) groups is 1. The van der Waals surface area contributed by atoms with E-state index in [4.69, 9.17) is 0 Å². The Balaban J connectivity index is 2.48. The molecule has 0 atom stereocenters. The van der Waals surface area contributed by atoms with Crippen molar-refractivity contribution in [2.24, 2.45) is 0 Å². The molecule has 0 spiro atoms. The maximum absolute atomic E-state index is 13.0. The lowest BCUT2D eigenvalue weighted by Gasteiger charge is -2.28. The van der Waals surface area contributed by atoms with Gasteiger partial charge in [-0.05, 0) is 44.9 Å². The minimum atomic E-state index is -0.973. The molecule has 0 heterocycles. The largest absolute Gasteiger partial charge is 0.389 e. The fraction of sp³-hybridized carbons (Fsp3) is 0.533. The number of benzene rings is 1. The Morgan fingerprint density at radius 1 is 1.29 bits per heavy atom. The van der Waals surface area contributed by atoms with Crippen molar-refractivity contribution in [1.82, 2.24) is 10.2 Å². The van der Waals surface area contributed by atoms with Crippen LogP contribution in [0.5, 0.6) is 0 Å². The van der Waals surface area contributed by atoms with Gasteiger partial charge in [-0.1, -0.05) is 0 Å². The van der Waals surface area contributed by atoms with Crippen molar-refractivity contribution in [2.45, 2.75) is 32.8 Å². The first-order valence-electron chi connectivity index (χ1n) is 6.91. The van der Waals surface area contributed by atoms with E-state index in [0.29, 0.717) is 18.5 Å². The van der Waals surface area contributed by atoms with Crippen molar-refractivity contribution in [3.05, 3.63) is 35.4 Å². The second-order valence-corrected chi connectivity index (χ2v) is 5.59. The lowest BCUT2D eigenvalue weighted by atomic mass is 10.1. The van der Waals surface area contributed by atoms with Crippen LogP contribution in [0.15, 0.2) is 18.2 Å². The number of hydrogen-bond donors (Lipinski definition) is 2. The summed E-state index contributed by atoms with van der Waals surface area (Å²) >= 11 is 0. The zero-order valence-corrected chi connectivity index (χ0v) is 12.6. The first-order valence-corrected chi connectivity index (χ1v) is 6.91. The number of likely N-dealkylation sites (N-methyl/N-ethyl adjacent to an activating group) is 1. The quantitative estimate of drug-likeness (QED) is 0.847. The van der Waals surface area contributed by atoms with Crippen molar-refractivity contribution >= 4 is 6.03 Å². The van der Waals surface area contributed by atoms with Gasteiger partial charge >= 0.3 is 6.03 Å². The summed E-state index contributed by atoms with van der Waals surface area (Å²) in [5, 5.41) is 12.4. The highest BCUT2D eigenvalue weighted by atomic mass is 19.1. The Kier molecular flexibility index (Phi) is 6.08. The number of halogens is 2. The van der Waals surface area contributed by atoms with Crippen LogP contribution in [-0.4, -0.2) is 41.3 Å². The van der Waals surface area contributed by atoms with Crippen LogP contribution >= 0.6 is 0 Å². The van der Waals surface area contributed by atoms with Crippen molar-refractivity contribution in [3.8, 4) is 0 Å². The van der Waals surface area contributed by atoms with Crippen LogP contribution in [0.2, 0.25) is 0 Å². The Hall–Kier alpha value is -1.69. The minimum Gasteiger partial charge on any atom is -0.389 e. The number of urea groups is 1. The first-order chi connectivity index (χ1) is 9.71. The summed E-state index contributed by atoms with van der Waals surface area (Å²) in [6.45, 7) is 6.00. The zero-order valence-electron chi connectivity index (χ0n) is 12.6. The highest BCUT2D eigenvalue weighted by Crippen LogP contribution is 2.08. The molecule has 0 aliphatic rings. The van der Waals surface area contributed by atoms with E-state index in [1.807, 2.05) is 6.92 Å². The summed E-state index contributed by atoms with van der Waals surface area (Å²) in [6, 6.07) is 2.98. The van der Waals surface area contributed by atoms with Gasteiger partial charge in [0.05, 0.1) is 12.1 Å². The molecule has 0 aliphatic carbocycles. The third-order valence-electron chi connectivity index (χ3n) is 2.86. The van der Waals surface area contributed by atoms with Crippen LogP contribution in [0.4, 0.5) is 13.6 Å². The molecule has 0 fully saturated rings.